The Kier molecular flexibility index (Phi) is 4.24. The van der Waals surface area contributed by atoms with Crippen molar-refractivity contribution in [3.63, 3.8) is 0 Å². The minimum Gasteiger partial charge on any atom is -0.497 e. The normalized spacial score (nSPS) is 12.2. The summed E-state index contributed by atoms with van der Waals surface area (Å²) in [5.74, 6) is 1.35. The second-order valence-corrected chi connectivity index (χ2v) is 3.26. The number of nitrogen functional groups attached to an aromatic ring is 1. The molecule has 0 spiro atoms. The van der Waals surface area contributed by atoms with E-state index in [4.69, 9.17) is 19.9 Å². The number of hydrogen-bond donors (Lipinski definition) is 1. The third kappa shape index (κ3) is 3.32. The fraction of sp³-hybridized carbons (Fsp3) is 0.455. The predicted octanol–water partition coefficient (Wildman–Crippen LogP) is 1.69. The summed E-state index contributed by atoms with van der Waals surface area (Å²) in [7, 11) is 3.25. The molecule has 0 aliphatic rings. The van der Waals surface area contributed by atoms with Gasteiger partial charge in [-0.3, -0.25) is 0 Å². The van der Waals surface area contributed by atoms with Crippen LogP contribution in [0, 0.1) is 0 Å². The first-order valence-electron chi connectivity index (χ1n) is 4.76. The molecule has 4 nitrogen and oxygen atoms in total. The van der Waals surface area contributed by atoms with Crippen molar-refractivity contribution in [2.45, 2.75) is 13.0 Å². The maximum Gasteiger partial charge on any atom is 0.146 e. The Morgan fingerprint density at radius 3 is 2.67 bits per heavy atom. The molecule has 0 fully saturated rings. The van der Waals surface area contributed by atoms with E-state index in [-0.39, 0.29) is 6.10 Å². The van der Waals surface area contributed by atoms with Gasteiger partial charge in [0.25, 0.3) is 0 Å². The van der Waals surface area contributed by atoms with E-state index < -0.39 is 0 Å². The van der Waals surface area contributed by atoms with E-state index in [0.717, 1.165) is 5.75 Å². The first-order chi connectivity index (χ1) is 7.17. The first kappa shape index (κ1) is 11.7. The third-order valence-corrected chi connectivity index (χ3v) is 2.10. The van der Waals surface area contributed by atoms with Crippen LogP contribution in [0.2, 0.25) is 0 Å². The van der Waals surface area contributed by atoms with Crippen LogP contribution < -0.4 is 15.2 Å². The Labute approximate surface area is 89.9 Å². The largest absolute Gasteiger partial charge is 0.497 e. The van der Waals surface area contributed by atoms with E-state index in [0.29, 0.717) is 18.0 Å². The lowest BCUT2D eigenvalue weighted by atomic mass is 10.3. The molecule has 1 atom stereocenters. The van der Waals surface area contributed by atoms with Gasteiger partial charge in [-0.2, -0.15) is 0 Å². The van der Waals surface area contributed by atoms with Crippen LogP contribution in [0.25, 0.3) is 0 Å². The van der Waals surface area contributed by atoms with E-state index in [1.165, 1.54) is 0 Å². The Bertz CT molecular complexity index is 315. The highest BCUT2D eigenvalue weighted by molar-refractivity contribution is 5.55. The standard InChI is InChI=1S/C11H17NO3/c1-8(13-2)7-15-11-6-9(14-3)4-5-10(11)12/h4-6,8H,7,12H2,1-3H3. The van der Waals surface area contributed by atoms with Crippen molar-refractivity contribution >= 4 is 5.69 Å². The van der Waals surface area contributed by atoms with Gasteiger partial charge in [-0.05, 0) is 19.1 Å². The summed E-state index contributed by atoms with van der Waals surface area (Å²) in [6, 6.07) is 5.31. The third-order valence-electron chi connectivity index (χ3n) is 2.10. The summed E-state index contributed by atoms with van der Waals surface area (Å²) < 4.78 is 15.6. The van der Waals surface area contributed by atoms with Crippen LogP contribution in [0.4, 0.5) is 5.69 Å². The molecule has 0 saturated carbocycles. The van der Waals surface area contributed by atoms with Crippen LogP contribution in [-0.4, -0.2) is 26.9 Å². The van der Waals surface area contributed by atoms with Crippen molar-refractivity contribution in [1.29, 1.82) is 0 Å². The number of ether oxygens (including phenoxy) is 3. The fourth-order valence-electron chi connectivity index (χ4n) is 1.04. The average molecular weight is 211 g/mol. The first-order valence-corrected chi connectivity index (χ1v) is 4.76. The zero-order valence-corrected chi connectivity index (χ0v) is 9.32. The van der Waals surface area contributed by atoms with E-state index in [2.05, 4.69) is 0 Å². The predicted molar refractivity (Wildman–Crippen MR) is 59.4 cm³/mol. The van der Waals surface area contributed by atoms with Crippen LogP contribution in [0.1, 0.15) is 6.92 Å². The molecule has 4 heteroatoms. The smallest absolute Gasteiger partial charge is 0.146 e. The van der Waals surface area contributed by atoms with Crippen LogP contribution in [0.15, 0.2) is 18.2 Å². The lowest BCUT2D eigenvalue weighted by Crippen LogP contribution is -2.16. The van der Waals surface area contributed by atoms with E-state index in [9.17, 15) is 0 Å². The van der Waals surface area contributed by atoms with E-state index in [1.54, 1.807) is 32.4 Å². The molecular weight excluding hydrogens is 194 g/mol. The van der Waals surface area contributed by atoms with Gasteiger partial charge in [0.1, 0.15) is 18.1 Å². The Balaban J connectivity index is 2.66. The molecule has 84 valence electrons. The molecule has 0 amide bonds. The maximum atomic E-state index is 5.75. The van der Waals surface area contributed by atoms with Gasteiger partial charge < -0.3 is 19.9 Å². The van der Waals surface area contributed by atoms with Gasteiger partial charge in [-0.25, -0.2) is 0 Å². The minimum absolute atomic E-state index is 0.0376. The number of hydrogen-bond acceptors (Lipinski definition) is 4. The van der Waals surface area contributed by atoms with Gasteiger partial charge in [-0.15, -0.1) is 0 Å². The zero-order valence-electron chi connectivity index (χ0n) is 9.32. The maximum absolute atomic E-state index is 5.75. The molecule has 0 aliphatic heterocycles. The van der Waals surface area contributed by atoms with Crippen molar-refractivity contribution in [3.05, 3.63) is 18.2 Å². The molecule has 0 aliphatic carbocycles. The molecule has 0 aromatic heterocycles. The quantitative estimate of drug-likeness (QED) is 0.753. The summed E-state index contributed by atoms with van der Waals surface area (Å²) in [5.41, 5.74) is 6.35. The summed E-state index contributed by atoms with van der Waals surface area (Å²) in [5, 5.41) is 0. The van der Waals surface area contributed by atoms with Crippen molar-refractivity contribution < 1.29 is 14.2 Å². The second-order valence-electron chi connectivity index (χ2n) is 3.26. The van der Waals surface area contributed by atoms with Crippen molar-refractivity contribution in [2.75, 3.05) is 26.6 Å². The Morgan fingerprint density at radius 2 is 2.07 bits per heavy atom. The number of rotatable bonds is 5. The fourth-order valence-corrected chi connectivity index (χ4v) is 1.04. The van der Waals surface area contributed by atoms with Gasteiger partial charge >= 0.3 is 0 Å². The molecule has 0 radical (unpaired) electrons. The lowest BCUT2D eigenvalue weighted by Gasteiger charge is -2.13. The van der Waals surface area contributed by atoms with Gasteiger partial charge in [0.2, 0.25) is 0 Å². The molecule has 1 aromatic rings. The number of anilines is 1. The topological polar surface area (TPSA) is 53.7 Å². The highest BCUT2D eigenvalue weighted by Crippen LogP contribution is 2.26. The summed E-state index contributed by atoms with van der Waals surface area (Å²) in [6.45, 7) is 2.39. The lowest BCUT2D eigenvalue weighted by molar-refractivity contribution is 0.0719. The highest BCUT2D eigenvalue weighted by atomic mass is 16.5. The van der Waals surface area contributed by atoms with Gasteiger partial charge in [-0.1, -0.05) is 0 Å². The molecular formula is C11H17NO3. The van der Waals surface area contributed by atoms with Crippen LogP contribution in [0.3, 0.4) is 0 Å². The van der Waals surface area contributed by atoms with Crippen LogP contribution >= 0.6 is 0 Å². The molecule has 1 unspecified atom stereocenters. The monoisotopic (exact) mass is 211 g/mol. The van der Waals surface area contributed by atoms with Crippen molar-refractivity contribution in [3.8, 4) is 11.5 Å². The Hall–Kier alpha value is -1.42. The summed E-state index contributed by atoms with van der Waals surface area (Å²) in [4.78, 5) is 0. The molecule has 2 N–H and O–H groups in total. The zero-order chi connectivity index (χ0) is 11.3. The Morgan fingerprint density at radius 1 is 1.33 bits per heavy atom. The SMILES string of the molecule is COc1ccc(N)c(OCC(C)OC)c1. The molecule has 0 saturated heterocycles. The number of nitrogens with two attached hydrogens (primary N) is 1. The molecule has 0 bridgehead atoms. The highest BCUT2D eigenvalue weighted by Gasteiger charge is 2.05. The summed E-state index contributed by atoms with van der Waals surface area (Å²) in [6.07, 6.45) is 0.0376. The second kappa shape index (κ2) is 5.46. The van der Waals surface area contributed by atoms with Gasteiger partial charge in [0.15, 0.2) is 0 Å². The van der Waals surface area contributed by atoms with Crippen molar-refractivity contribution in [1.82, 2.24) is 0 Å². The average Bonchev–Trinajstić information content (AvgIpc) is 2.27. The number of methoxy groups -OCH3 is 2. The van der Waals surface area contributed by atoms with Gasteiger partial charge in [0, 0.05) is 13.2 Å². The van der Waals surface area contributed by atoms with E-state index >= 15 is 0 Å². The minimum atomic E-state index is 0.0376. The van der Waals surface area contributed by atoms with Crippen molar-refractivity contribution in [2.24, 2.45) is 0 Å². The van der Waals surface area contributed by atoms with E-state index in [1.807, 2.05) is 6.92 Å². The molecule has 0 heterocycles. The van der Waals surface area contributed by atoms with Crippen LogP contribution in [0.5, 0.6) is 11.5 Å². The summed E-state index contributed by atoms with van der Waals surface area (Å²) >= 11 is 0. The molecule has 1 aromatic carbocycles. The molecule has 15 heavy (non-hydrogen) atoms. The number of benzene rings is 1. The molecule has 1 rings (SSSR count). The van der Waals surface area contributed by atoms with Crippen LogP contribution in [-0.2, 0) is 4.74 Å². The van der Waals surface area contributed by atoms with Gasteiger partial charge in [0.05, 0.1) is 18.9 Å².